The van der Waals surface area contributed by atoms with Gasteiger partial charge in [-0.1, -0.05) is 54.6 Å². The number of benzene rings is 3. The number of nitrogen functional groups attached to an aromatic ring is 1. The van der Waals surface area contributed by atoms with Crippen molar-refractivity contribution < 1.29 is 8.42 Å². The lowest BCUT2D eigenvalue weighted by molar-refractivity contribution is 0.598. The quantitative estimate of drug-likeness (QED) is 0.478. The van der Waals surface area contributed by atoms with Crippen molar-refractivity contribution in [1.82, 2.24) is 4.98 Å². The minimum Gasteiger partial charge on any atom is -0.399 e. The van der Waals surface area contributed by atoms with Crippen LogP contribution in [0.2, 0.25) is 0 Å². The maximum absolute atomic E-state index is 10.7. The molecule has 0 aliphatic carbocycles. The summed E-state index contributed by atoms with van der Waals surface area (Å²) in [7, 11) is -3.58. The van der Waals surface area contributed by atoms with Crippen LogP contribution in [0.1, 0.15) is 11.1 Å². The highest BCUT2D eigenvalue weighted by Gasteiger charge is 2.05. The van der Waals surface area contributed by atoms with E-state index in [2.05, 4.69) is 59.6 Å². The van der Waals surface area contributed by atoms with Crippen LogP contribution in [0.25, 0.3) is 10.6 Å². The van der Waals surface area contributed by atoms with E-state index in [1.165, 1.54) is 41.0 Å². The largest absolute Gasteiger partial charge is 0.399 e. The summed E-state index contributed by atoms with van der Waals surface area (Å²) in [6, 6.07) is 24.9. The van der Waals surface area contributed by atoms with Crippen LogP contribution in [0.3, 0.4) is 0 Å². The molecule has 4 rings (SSSR count). The highest BCUT2D eigenvalue weighted by atomic mass is 32.2. The molecule has 148 valence electrons. The van der Waals surface area contributed by atoms with E-state index in [-0.39, 0.29) is 4.90 Å². The van der Waals surface area contributed by atoms with Crippen LogP contribution in [0.5, 0.6) is 0 Å². The van der Waals surface area contributed by atoms with Gasteiger partial charge in [0.05, 0.1) is 4.90 Å². The van der Waals surface area contributed by atoms with Gasteiger partial charge in [0.2, 0.25) is 10.0 Å². The predicted octanol–water partition coefficient (Wildman–Crippen LogP) is 4.32. The monoisotopic (exact) mass is 423 g/mol. The van der Waals surface area contributed by atoms with Gasteiger partial charge in [0.15, 0.2) is 0 Å². The Morgan fingerprint density at radius 3 is 2.00 bits per heavy atom. The van der Waals surface area contributed by atoms with Crippen LogP contribution in [0.15, 0.2) is 95.3 Å². The molecule has 5 nitrogen and oxygen atoms in total. The molecule has 0 radical (unpaired) electrons. The molecule has 0 aliphatic rings. The van der Waals surface area contributed by atoms with E-state index in [0.29, 0.717) is 5.69 Å². The van der Waals surface area contributed by atoms with Crippen molar-refractivity contribution in [2.45, 2.75) is 11.3 Å². The molecule has 0 amide bonds. The van der Waals surface area contributed by atoms with Crippen LogP contribution in [0, 0.1) is 0 Å². The molecule has 4 aromatic rings. The van der Waals surface area contributed by atoms with Gasteiger partial charge in [0.1, 0.15) is 5.01 Å². The van der Waals surface area contributed by atoms with Crippen LogP contribution < -0.4 is 10.9 Å². The van der Waals surface area contributed by atoms with Crippen LogP contribution in [-0.4, -0.2) is 13.4 Å². The Labute approximate surface area is 174 Å². The second kappa shape index (κ2) is 9.47. The first-order valence-corrected chi connectivity index (χ1v) is 11.3. The molecule has 1 heterocycles. The zero-order chi connectivity index (χ0) is 20.7. The van der Waals surface area contributed by atoms with Gasteiger partial charge in [-0.05, 0) is 41.8 Å². The van der Waals surface area contributed by atoms with Gasteiger partial charge in [-0.15, -0.1) is 11.3 Å². The number of aromatic nitrogens is 1. The second-order valence-electron chi connectivity index (χ2n) is 6.31. The van der Waals surface area contributed by atoms with Gasteiger partial charge >= 0.3 is 0 Å². The number of sulfonamides is 1. The lowest BCUT2D eigenvalue weighted by Gasteiger charge is -2.03. The highest BCUT2D eigenvalue weighted by Crippen LogP contribution is 2.22. The summed E-state index contributed by atoms with van der Waals surface area (Å²) in [5.74, 6) is 0. The Bertz CT molecular complexity index is 1130. The van der Waals surface area contributed by atoms with Crippen molar-refractivity contribution in [3.8, 4) is 10.6 Å². The summed E-state index contributed by atoms with van der Waals surface area (Å²) in [5.41, 5.74) is 9.72. The summed E-state index contributed by atoms with van der Waals surface area (Å²) in [4.78, 5) is 4.39. The lowest BCUT2D eigenvalue weighted by Crippen LogP contribution is -2.11. The van der Waals surface area contributed by atoms with E-state index in [4.69, 9.17) is 10.9 Å². The molecule has 0 atom stereocenters. The van der Waals surface area contributed by atoms with Gasteiger partial charge in [0.25, 0.3) is 0 Å². The van der Waals surface area contributed by atoms with E-state index in [1.54, 1.807) is 11.3 Å². The summed E-state index contributed by atoms with van der Waals surface area (Å²) in [6.45, 7) is 0. The fraction of sp³-hybridized carbons (Fsp3) is 0.0455. The molecule has 29 heavy (non-hydrogen) atoms. The fourth-order valence-electron chi connectivity index (χ4n) is 2.62. The number of thiazole rings is 1. The lowest BCUT2D eigenvalue weighted by atomic mass is 10.0. The number of rotatable bonds is 4. The summed E-state index contributed by atoms with van der Waals surface area (Å²) in [6.07, 6.45) is 2.83. The van der Waals surface area contributed by atoms with E-state index in [1.807, 2.05) is 11.6 Å². The summed E-state index contributed by atoms with van der Waals surface area (Å²) >= 11 is 1.67. The molecular formula is C22H21N3O2S2. The maximum atomic E-state index is 10.7. The minimum atomic E-state index is -3.58. The number of hydrogen-bond donors (Lipinski definition) is 2. The molecule has 1 aromatic heterocycles. The standard InChI is InChI=1S/C16H13NS.C6H8N2O2S/c1-2-4-13(5-3-1)12-14-6-8-15(9-7-14)16-17-10-11-18-16;7-5-1-3-6(4-2-5)11(8,9)10/h1-11H,12H2;1-4H,7H2,(H2,8,9,10). The number of primary sulfonamides is 1. The molecule has 0 aliphatic heterocycles. The number of hydrogen-bond acceptors (Lipinski definition) is 5. The van der Waals surface area contributed by atoms with Crippen molar-refractivity contribution >= 4 is 27.0 Å². The Kier molecular flexibility index (Phi) is 6.77. The summed E-state index contributed by atoms with van der Waals surface area (Å²) in [5, 5.41) is 7.93. The zero-order valence-corrected chi connectivity index (χ0v) is 17.2. The zero-order valence-electron chi connectivity index (χ0n) is 15.6. The van der Waals surface area contributed by atoms with Gasteiger partial charge in [0, 0.05) is 22.8 Å². The molecule has 4 N–H and O–H groups in total. The maximum Gasteiger partial charge on any atom is 0.238 e. The topological polar surface area (TPSA) is 99.1 Å². The third-order valence-electron chi connectivity index (χ3n) is 4.09. The first-order valence-electron chi connectivity index (χ1n) is 8.83. The van der Waals surface area contributed by atoms with E-state index in [0.717, 1.165) is 11.4 Å². The average Bonchev–Trinajstić information content (AvgIpc) is 3.24. The molecule has 3 aromatic carbocycles. The fourth-order valence-corrected chi connectivity index (χ4v) is 3.78. The van der Waals surface area contributed by atoms with Crippen molar-refractivity contribution in [3.63, 3.8) is 0 Å². The minimum absolute atomic E-state index is 0.0756. The highest BCUT2D eigenvalue weighted by molar-refractivity contribution is 7.89. The Morgan fingerprint density at radius 1 is 0.828 bits per heavy atom. The molecule has 0 unspecified atom stereocenters. The van der Waals surface area contributed by atoms with Crippen molar-refractivity contribution in [3.05, 3.63) is 102 Å². The van der Waals surface area contributed by atoms with Gasteiger partial charge in [-0.2, -0.15) is 0 Å². The van der Waals surface area contributed by atoms with Crippen LogP contribution >= 0.6 is 11.3 Å². The van der Waals surface area contributed by atoms with Crippen molar-refractivity contribution in [1.29, 1.82) is 0 Å². The van der Waals surface area contributed by atoms with Gasteiger partial charge in [-0.3, -0.25) is 0 Å². The Balaban J connectivity index is 0.000000188. The van der Waals surface area contributed by atoms with E-state index < -0.39 is 10.0 Å². The molecule has 0 bridgehead atoms. The first kappa shape index (κ1) is 20.7. The smallest absolute Gasteiger partial charge is 0.238 e. The van der Waals surface area contributed by atoms with Gasteiger partial charge in [-0.25, -0.2) is 18.5 Å². The molecule has 0 spiro atoms. The Morgan fingerprint density at radius 2 is 1.45 bits per heavy atom. The molecule has 0 saturated carbocycles. The van der Waals surface area contributed by atoms with E-state index in [9.17, 15) is 8.42 Å². The van der Waals surface area contributed by atoms with Crippen molar-refractivity contribution in [2.24, 2.45) is 5.14 Å². The van der Waals surface area contributed by atoms with Crippen LogP contribution in [-0.2, 0) is 16.4 Å². The average molecular weight is 424 g/mol. The molecule has 7 heteroatoms. The van der Waals surface area contributed by atoms with Gasteiger partial charge < -0.3 is 5.73 Å². The second-order valence-corrected chi connectivity index (χ2v) is 8.77. The van der Waals surface area contributed by atoms with Crippen molar-refractivity contribution in [2.75, 3.05) is 5.73 Å². The normalized spacial score (nSPS) is 10.8. The third-order valence-corrected chi connectivity index (χ3v) is 5.84. The third kappa shape index (κ3) is 6.25. The SMILES string of the molecule is Nc1ccc(S(N)(=O)=O)cc1.c1ccc(Cc2ccc(-c3nccs3)cc2)cc1. The Hall–Kier alpha value is -3.00. The number of nitrogens with zero attached hydrogens (tertiary/aromatic N) is 1. The van der Waals surface area contributed by atoms with Crippen LogP contribution in [0.4, 0.5) is 5.69 Å². The summed E-state index contributed by atoms with van der Waals surface area (Å²) < 4.78 is 21.4. The van der Waals surface area contributed by atoms with E-state index >= 15 is 0 Å². The first-order chi connectivity index (χ1) is 13.9. The molecule has 0 saturated heterocycles. The number of nitrogens with two attached hydrogens (primary N) is 2. The predicted molar refractivity (Wildman–Crippen MR) is 119 cm³/mol. The number of anilines is 1. The molecule has 0 fully saturated rings. The molecular weight excluding hydrogens is 402 g/mol.